The Bertz CT molecular complexity index is 427. The minimum absolute atomic E-state index is 0.389. The number of nitrogens with one attached hydrogen (secondary N) is 2. The summed E-state index contributed by atoms with van der Waals surface area (Å²) in [7, 11) is 3.74. The number of anilines is 2. The van der Waals surface area contributed by atoms with Gasteiger partial charge in [-0.1, -0.05) is 0 Å². The van der Waals surface area contributed by atoms with Crippen LogP contribution in [0, 0.1) is 0 Å². The zero-order valence-corrected chi connectivity index (χ0v) is 11.7. The molecule has 7 heteroatoms. The third kappa shape index (κ3) is 3.05. The molecule has 7 nitrogen and oxygen atoms in total. The highest BCUT2D eigenvalue weighted by Gasteiger charge is 2.24. The summed E-state index contributed by atoms with van der Waals surface area (Å²) in [6, 6.07) is 0.951. The van der Waals surface area contributed by atoms with Gasteiger partial charge in [-0.25, -0.2) is 15.8 Å². The molecule has 2 heterocycles. The fourth-order valence-electron chi connectivity index (χ4n) is 2.39. The van der Waals surface area contributed by atoms with Gasteiger partial charge in [-0.2, -0.15) is 0 Å². The maximum Gasteiger partial charge on any atom is 0.205 e. The first-order valence-electron chi connectivity index (χ1n) is 6.48. The van der Waals surface area contributed by atoms with Gasteiger partial charge >= 0.3 is 0 Å². The number of rotatable bonds is 4. The number of hydrazine groups is 1. The molecule has 106 valence electrons. The molecule has 2 rings (SSSR count). The molecule has 0 spiro atoms. The molecule has 0 amide bonds. The van der Waals surface area contributed by atoms with Crippen molar-refractivity contribution in [2.24, 2.45) is 5.84 Å². The smallest absolute Gasteiger partial charge is 0.205 e. The predicted molar refractivity (Wildman–Crippen MR) is 75.1 cm³/mol. The van der Waals surface area contributed by atoms with Crippen molar-refractivity contribution in [2.75, 3.05) is 31.4 Å². The monoisotopic (exact) mass is 266 g/mol. The molecule has 1 aromatic heterocycles. The van der Waals surface area contributed by atoms with Crippen LogP contribution >= 0.6 is 0 Å². The molecule has 0 radical (unpaired) electrons. The van der Waals surface area contributed by atoms with Gasteiger partial charge in [0.05, 0.1) is 7.11 Å². The highest BCUT2D eigenvalue weighted by atomic mass is 16.5. The van der Waals surface area contributed by atoms with Crippen molar-refractivity contribution < 1.29 is 4.74 Å². The molecule has 0 aromatic carbocycles. The Morgan fingerprint density at radius 3 is 2.79 bits per heavy atom. The Morgan fingerprint density at radius 2 is 2.16 bits per heavy atom. The van der Waals surface area contributed by atoms with E-state index in [1.165, 1.54) is 6.33 Å². The van der Waals surface area contributed by atoms with Crippen LogP contribution in [0.5, 0.6) is 5.75 Å². The molecular formula is C12H22N6O. The number of methoxy groups -OCH3 is 1. The molecule has 0 bridgehead atoms. The Hall–Kier alpha value is -1.60. The Balaban J connectivity index is 2.11. The van der Waals surface area contributed by atoms with Crippen LogP contribution in [0.3, 0.4) is 0 Å². The summed E-state index contributed by atoms with van der Waals surface area (Å²) >= 11 is 0. The van der Waals surface area contributed by atoms with Crippen molar-refractivity contribution in [1.29, 1.82) is 0 Å². The van der Waals surface area contributed by atoms with Crippen LogP contribution in [0.4, 0.5) is 11.6 Å². The summed E-state index contributed by atoms with van der Waals surface area (Å²) in [6.07, 6.45) is 3.63. The van der Waals surface area contributed by atoms with E-state index in [1.807, 2.05) is 0 Å². The average molecular weight is 266 g/mol. The molecule has 1 aromatic rings. The fourth-order valence-corrected chi connectivity index (χ4v) is 2.39. The molecule has 1 saturated heterocycles. The Morgan fingerprint density at radius 1 is 1.42 bits per heavy atom. The zero-order chi connectivity index (χ0) is 13.8. The van der Waals surface area contributed by atoms with Crippen molar-refractivity contribution in [1.82, 2.24) is 14.9 Å². The van der Waals surface area contributed by atoms with E-state index in [9.17, 15) is 0 Å². The molecule has 1 aliphatic heterocycles. The summed E-state index contributed by atoms with van der Waals surface area (Å²) in [5.74, 6) is 7.14. The third-order valence-corrected chi connectivity index (χ3v) is 3.69. The molecule has 19 heavy (non-hydrogen) atoms. The lowest BCUT2D eigenvalue weighted by Gasteiger charge is -2.35. The van der Waals surface area contributed by atoms with E-state index in [0.29, 0.717) is 29.5 Å². The highest BCUT2D eigenvalue weighted by Crippen LogP contribution is 2.30. The molecule has 0 aliphatic carbocycles. The number of ether oxygens (including phenoxy) is 1. The van der Waals surface area contributed by atoms with E-state index in [-0.39, 0.29) is 0 Å². The lowest BCUT2D eigenvalue weighted by atomic mass is 9.99. The molecule has 2 unspecified atom stereocenters. The predicted octanol–water partition coefficient (Wildman–Crippen LogP) is 0.665. The van der Waals surface area contributed by atoms with Crippen molar-refractivity contribution in [3.63, 3.8) is 0 Å². The molecular weight excluding hydrogens is 244 g/mol. The number of aromatic nitrogens is 2. The van der Waals surface area contributed by atoms with Gasteiger partial charge in [-0.05, 0) is 26.8 Å². The second-order valence-electron chi connectivity index (χ2n) is 4.94. The van der Waals surface area contributed by atoms with E-state index in [0.717, 1.165) is 19.4 Å². The quantitative estimate of drug-likeness (QED) is 0.545. The van der Waals surface area contributed by atoms with Crippen LogP contribution in [0.25, 0.3) is 0 Å². The Kier molecular flexibility index (Phi) is 4.39. The summed E-state index contributed by atoms with van der Waals surface area (Å²) in [5.41, 5.74) is 2.52. The van der Waals surface area contributed by atoms with Crippen molar-refractivity contribution >= 4 is 11.6 Å². The second-order valence-corrected chi connectivity index (χ2v) is 4.94. The zero-order valence-electron chi connectivity index (χ0n) is 11.7. The van der Waals surface area contributed by atoms with Gasteiger partial charge in [-0.3, -0.25) is 0 Å². The van der Waals surface area contributed by atoms with Crippen molar-refractivity contribution in [3.8, 4) is 5.75 Å². The van der Waals surface area contributed by atoms with E-state index in [2.05, 4.69) is 39.6 Å². The lowest BCUT2D eigenvalue weighted by Crippen LogP contribution is -2.42. The average Bonchev–Trinajstić information content (AvgIpc) is 2.42. The summed E-state index contributed by atoms with van der Waals surface area (Å²) in [6.45, 7) is 3.31. The number of nitrogens with two attached hydrogens (primary N) is 1. The minimum atomic E-state index is 0.389. The van der Waals surface area contributed by atoms with Crippen LogP contribution < -0.4 is 21.3 Å². The maximum absolute atomic E-state index is 5.41. The van der Waals surface area contributed by atoms with E-state index < -0.39 is 0 Å². The second kappa shape index (κ2) is 6.03. The number of likely N-dealkylation sites (tertiary alicyclic amines) is 1. The van der Waals surface area contributed by atoms with E-state index in [4.69, 9.17) is 10.6 Å². The van der Waals surface area contributed by atoms with Gasteiger partial charge in [-0.15, -0.1) is 0 Å². The first-order valence-corrected chi connectivity index (χ1v) is 6.48. The number of hydrogen-bond donors (Lipinski definition) is 3. The van der Waals surface area contributed by atoms with E-state index in [1.54, 1.807) is 7.11 Å². The van der Waals surface area contributed by atoms with Gasteiger partial charge in [0.2, 0.25) is 5.75 Å². The van der Waals surface area contributed by atoms with Crippen LogP contribution in [0.1, 0.15) is 19.8 Å². The van der Waals surface area contributed by atoms with Crippen molar-refractivity contribution in [3.05, 3.63) is 6.33 Å². The largest absolute Gasteiger partial charge is 0.490 e. The standard InChI is InChI=1S/C12H22N6O/c1-8-6-9(4-5-18(8)2)16-11-10(19-3)12(17-13)15-7-14-11/h7-9H,4-6,13H2,1-3H3,(H2,14,15,16,17). The number of nitrogens with zero attached hydrogens (tertiary/aromatic N) is 3. The maximum atomic E-state index is 5.41. The van der Waals surface area contributed by atoms with Gasteiger partial charge in [0.15, 0.2) is 11.6 Å². The fraction of sp³-hybridized carbons (Fsp3) is 0.667. The van der Waals surface area contributed by atoms with Gasteiger partial charge < -0.3 is 20.4 Å². The van der Waals surface area contributed by atoms with E-state index >= 15 is 0 Å². The molecule has 4 N–H and O–H groups in total. The summed E-state index contributed by atoms with van der Waals surface area (Å²) in [4.78, 5) is 10.6. The summed E-state index contributed by atoms with van der Waals surface area (Å²) in [5, 5.41) is 3.43. The van der Waals surface area contributed by atoms with Gasteiger partial charge in [0.1, 0.15) is 6.33 Å². The highest BCUT2D eigenvalue weighted by molar-refractivity contribution is 5.63. The van der Waals surface area contributed by atoms with Gasteiger partial charge in [0, 0.05) is 18.6 Å². The number of piperidine rings is 1. The summed E-state index contributed by atoms with van der Waals surface area (Å²) < 4.78 is 5.32. The number of hydrogen-bond acceptors (Lipinski definition) is 7. The molecule has 1 fully saturated rings. The van der Waals surface area contributed by atoms with Crippen molar-refractivity contribution in [2.45, 2.75) is 31.8 Å². The van der Waals surface area contributed by atoms with Crippen LogP contribution in [0.2, 0.25) is 0 Å². The Labute approximate surface area is 113 Å². The normalized spacial score (nSPS) is 24.0. The number of nitrogen functional groups attached to an aromatic ring is 1. The SMILES string of the molecule is COc1c(NN)ncnc1NC1CCN(C)C(C)C1. The van der Waals surface area contributed by atoms with Crippen LogP contribution in [-0.2, 0) is 0 Å². The lowest BCUT2D eigenvalue weighted by molar-refractivity contribution is 0.190. The molecule has 2 atom stereocenters. The molecule has 1 aliphatic rings. The third-order valence-electron chi connectivity index (χ3n) is 3.69. The van der Waals surface area contributed by atoms with Gasteiger partial charge in [0.25, 0.3) is 0 Å². The molecule has 0 saturated carbocycles. The topological polar surface area (TPSA) is 88.3 Å². The van der Waals surface area contributed by atoms with Crippen LogP contribution in [-0.4, -0.2) is 47.7 Å². The first kappa shape index (κ1) is 13.8. The van der Waals surface area contributed by atoms with Crippen LogP contribution in [0.15, 0.2) is 6.33 Å². The first-order chi connectivity index (χ1) is 9.15. The minimum Gasteiger partial charge on any atom is -0.490 e.